The van der Waals surface area contributed by atoms with Gasteiger partial charge in [0.05, 0.1) is 35.7 Å². The van der Waals surface area contributed by atoms with E-state index in [0.29, 0.717) is 69.1 Å². The summed E-state index contributed by atoms with van der Waals surface area (Å²) in [5.41, 5.74) is 9.37. The Morgan fingerprint density at radius 3 is 2.27 bits per heavy atom. The third-order valence-electron chi connectivity index (χ3n) is 16.9. The van der Waals surface area contributed by atoms with E-state index < -0.39 is 23.2 Å². The minimum atomic E-state index is -1.01. The van der Waals surface area contributed by atoms with Crippen LogP contribution in [0.4, 0.5) is 14.6 Å². The number of carbonyl (C=O) groups excluding carboxylic acids is 4. The predicted molar refractivity (Wildman–Crippen MR) is 291 cm³/mol. The number of anilines is 1. The topological polar surface area (TPSA) is 194 Å². The van der Waals surface area contributed by atoms with Gasteiger partial charge in [0, 0.05) is 99.8 Å². The molecule has 16 nitrogen and oxygen atoms in total. The summed E-state index contributed by atoms with van der Waals surface area (Å²) in [6.45, 7) is 6.03. The number of halogens is 3. The van der Waals surface area contributed by atoms with Crippen molar-refractivity contribution in [3.05, 3.63) is 124 Å². The molecule has 10 rings (SSSR count). The number of nitrogens with two attached hydrogens (primary N) is 1. The highest BCUT2D eigenvalue weighted by Gasteiger charge is 2.41. The zero-order valence-electron chi connectivity index (χ0n) is 43.7. The molecular formula is C58H72ClF2N11O5. The highest BCUT2D eigenvalue weighted by Crippen LogP contribution is 2.33. The smallest absolute Gasteiger partial charge is 0.251 e. The number of aromatic amines is 1. The molecule has 5 fully saturated rings. The molecule has 0 bridgehead atoms. The zero-order chi connectivity index (χ0) is 53.5. The van der Waals surface area contributed by atoms with Gasteiger partial charge < -0.3 is 51.0 Å². The van der Waals surface area contributed by atoms with E-state index in [-0.39, 0.29) is 72.4 Å². The molecule has 5 aliphatic rings. The van der Waals surface area contributed by atoms with Crippen molar-refractivity contribution >= 4 is 52.1 Å². The molecule has 3 aromatic carbocycles. The Balaban J connectivity index is 0.666. The average Bonchev–Trinajstić information content (AvgIpc) is 3.93. The van der Waals surface area contributed by atoms with Crippen LogP contribution in [0, 0.1) is 17.6 Å². The van der Waals surface area contributed by atoms with Crippen molar-refractivity contribution in [3.8, 4) is 0 Å². The number of aromatic nitrogens is 3. The maximum absolute atomic E-state index is 14.4. The van der Waals surface area contributed by atoms with Gasteiger partial charge in [0.2, 0.25) is 17.7 Å². The Bertz CT molecular complexity index is 2840. The zero-order valence-corrected chi connectivity index (χ0v) is 44.5. The summed E-state index contributed by atoms with van der Waals surface area (Å²) in [7, 11) is 0. The van der Waals surface area contributed by atoms with Crippen LogP contribution in [0.5, 0.6) is 0 Å². The molecule has 6 heterocycles. The summed E-state index contributed by atoms with van der Waals surface area (Å²) in [6, 6.07) is 19.6. The van der Waals surface area contributed by atoms with E-state index in [1.807, 2.05) is 59.6 Å². The van der Waals surface area contributed by atoms with E-state index >= 15 is 0 Å². The first kappa shape index (κ1) is 54.3. The second-order valence-electron chi connectivity index (χ2n) is 22.0. The number of rotatable bonds is 18. The first-order chi connectivity index (χ1) is 37.4. The lowest BCUT2D eigenvalue weighted by Gasteiger charge is -2.40. The number of hydrogen-bond donors (Lipinski definition) is 5. The maximum Gasteiger partial charge on any atom is 0.251 e. The summed E-state index contributed by atoms with van der Waals surface area (Å²) in [4.78, 5) is 75.6. The Kier molecular flexibility index (Phi) is 17.4. The Labute approximate surface area is 454 Å². The molecule has 1 saturated carbocycles. The molecular weight excluding hydrogens is 1000 g/mol. The van der Waals surface area contributed by atoms with E-state index in [1.165, 1.54) is 12.1 Å². The molecule has 4 aliphatic heterocycles. The minimum Gasteiger partial charge on any atom is -0.375 e. The maximum atomic E-state index is 14.4. The minimum absolute atomic E-state index is 0.0193. The van der Waals surface area contributed by atoms with Crippen molar-refractivity contribution in [1.82, 2.24) is 45.6 Å². The fourth-order valence-corrected chi connectivity index (χ4v) is 12.1. The van der Waals surface area contributed by atoms with Crippen molar-refractivity contribution in [2.45, 2.75) is 119 Å². The van der Waals surface area contributed by atoms with Gasteiger partial charge in [-0.05, 0) is 111 Å². The number of H-pyrrole nitrogens is 1. The second kappa shape index (κ2) is 24.7. The quantitative estimate of drug-likeness (QED) is 0.0607. The summed E-state index contributed by atoms with van der Waals surface area (Å²) in [6.07, 6.45) is 13.5. The lowest BCUT2D eigenvalue weighted by Crippen LogP contribution is -2.60. The number of ether oxygens (including phenoxy) is 1. The van der Waals surface area contributed by atoms with Gasteiger partial charge in [-0.2, -0.15) is 0 Å². The predicted octanol–water partition coefficient (Wildman–Crippen LogP) is 7.00. The van der Waals surface area contributed by atoms with Crippen LogP contribution in [0.15, 0.2) is 85.3 Å². The summed E-state index contributed by atoms with van der Waals surface area (Å²) in [5.74, 6) is -0.895. The van der Waals surface area contributed by atoms with E-state index in [4.69, 9.17) is 22.1 Å². The first-order valence-corrected chi connectivity index (χ1v) is 28.1. The fourth-order valence-electron chi connectivity index (χ4n) is 12.0. The molecule has 77 heavy (non-hydrogen) atoms. The van der Waals surface area contributed by atoms with E-state index in [1.54, 1.807) is 17.3 Å². The standard InChI is InChI=1S/C58H72ClF2N11O5/c59-44-12-9-38(10-13-44)50(67-57(76)58(62)21-29-70(30-22-58)54-48-15-23-64-53(48)65-37-66-54)20-26-69-24-16-46(17-25-69)77-47-18-27-71(28-19-47)56(75)52(39-5-2-1-3-6-39)68-55(74)41-8-4-7-40(31-41)43-35-72(36-43)51(73)34-63-33-42-11-14-45(60)32-49(42)61/h4,7-15,23,31-32,37,39,43,46-47,50,52,63H,1-3,5-6,16-22,24-30,33-36,62H2,(H,67,76)(H,68,74)(H,64,65,66)/t50-,52+/m0/s1. The number of fused-ring (bicyclic) bond motifs is 1. The van der Waals surface area contributed by atoms with Crippen molar-refractivity contribution in [3.63, 3.8) is 0 Å². The van der Waals surface area contributed by atoms with Gasteiger partial charge >= 0.3 is 0 Å². The van der Waals surface area contributed by atoms with E-state index in [2.05, 4.69) is 40.7 Å². The molecule has 410 valence electrons. The van der Waals surface area contributed by atoms with Crippen molar-refractivity contribution in [1.29, 1.82) is 0 Å². The van der Waals surface area contributed by atoms with Gasteiger partial charge in [0.15, 0.2) is 0 Å². The molecule has 2 atom stereocenters. The van der Waals surface area contributed by atoms with Crippen molar-refractivity contribution in [2.24, 2.45) is 11.7 Å². The molecule has 19 heteroatoms. The molecule has 4 amide bonds. The summed E-state index contributed by atoms with van der Waals surface area (Å²) in [5, 5.41) is 11.1. The average molecular weight is 1080 g/mol. The second-order valence-corrected chi connectivity index (χ2v) is 22.4. The summed E-state index contributed by atoms with van der Waals surface area (Å²) >= 11 is 6.29. The molecule has 0 unspecified atom stereocenters. The van der Waals surface area contributed by atoms with Gasteiger partial charge in [-0.25, -0.2) is 18.7 Å². The van der Waals surface area contributed by atoms with Gasteiger partial charge in [-0.1, -0.05) is 61.2 Å². The molecule has 1 aliphatic carbocycles. The van der Waals surface area contributed by atoms with E-state index in [9.17, 15) is 28.0 Å². The van der Waals surface area contributed by atoms with Crippen LogP contribution in [0.2, 0.25) is 5.02 Å². The Hall–Kier alpha value is -6.05. The Morgan fingerprint density at radius 2 is 1.55 bits per heavy atom. The number of piperidine rings is 3. The molecule has 5 aromatic rings. The number of likely N-dealkylation sites (tertiary alicyclic amines) is 3. The fraction of sp³-hybridized carbons (Fsp3) is 0.517. The Morgan fingerprint density at radius 1 is 0.818 bits per heavy atom. The van der Waals surface area contributed by atoms with Crippen LogP contribution >= 0.6 is 11.6 Å². The number of benzene rings is 3. The number of nitrogens with zero attached hydrogens (tertiary/aromatic N) is 6. The van der Waals surface area contributed by atoms with Crippen LogP contribution in [-0.2, 0) is 25.7 Å². The highest BCUT2D eigenvalue weighted by atomic mass is 35.5. The van der Waals surface area contributed by atoms with Crippen molar-refractivity contribution in [2.75, 3.05) is 70.3 Å². The van der Waals surface area contributed by atoms with Crippen LogP contribution in [-0.4, -0.2) is 143 Å². The highest BCUT2D eigenvalue weighted by molar-refractivity contribution is 6.30. The molecule has 6 N–H and O–H groups in total. The van der Waals surface area contributed by atoms with E-state index in [0.717, 1.165) is 111 Å². The first-order valence-electron chi connectivity index (χ1n) is 27.7. The van der Waals surface area contributed by atoms with Crippen molar-refractivity contribution < 1.29 is 32.7 Å². The number of carbonyl (C=O) groups is 4. The SMILES string of the molecule is NC1(C(=O)N[C@@H](CCN2CCC(OC3CCN(C(=O)[C@H](NC(=O)c4cccc(C5CN(C(=O)CNCc6ccc(F)cc6F)C5)c4)C4CCCCC4)CC3)CC2)c2ccc(Cl)cc2)CCN(c2ncnc3[nH]ccc23)CC1. The third kappa shape index (κ3) is 13.3. The third-order valence-corrected chi connectivity index (χ3v) is 17.1. The molecule has 2 aromatic heterocycles. The van der Waals surface area contributed by atoms with Crippen LogP contribution in [0.3, 0.4) is 0 Å². The summed E-state index contributed by atoms with van der Waals surface area (Å²) < 4.78 is 34.0. The molecule has 0 spiro atoms. The van der Waals surface area contributed by atoms with Gasteiger partial charge in [-0.3, -0.25) is 19.2 Å². The number of hydrogen-bond acceptors (Lipinski definition) is 11. The lowest BCUT2D eigenvalue weighted by atomic mass is 9.83. The van der Waals surface area contributed by atoms with Crippen LogP contribution in [0.25, 0.3) is 11.0 Å². The van der Waals surface area contributed by atoms with Gasteiger partial charge in [-0.15, -0.1) is 0 Å². The normalized spacial score (nSPS) is 19.9. The molecule has 0 radical (unpaired) electrons. The number of nitrogens with one attached hydrogen (secondary N) is 4. The monoisotopic (exact) mass is 1080 g/mol. The van der Waals surface area contributed by atoms with Crippen LogP contribution in [0.1, 0.15) is 116 Å². The largest absolute Gasteiger partial charge is 0.375 e. The lowest BCUT2D eigenvalue weighted by molar-refractivity contribution is -0.139. The van der Waals surface area contributed by atoms with Crippen LogP contribution < -0.4 is 26.6 Å². The van der Waals surface area contributed by atoms with Gasteiger partial charge in [0.1, 0.15) is 35.5 Å². The number of amides is 4. The molecule has 4 saturated heterocycles. The van der Waals surface area contributed by atoms with Gasteiger partial charge in [0.25, 0.3) is 5.91 Å².